The molecule has 0 aliphatic heterocycles. The van der Waals surface area contributed by atoms with Gasteiger partial charge in [0, 0.05) is 5.69 Å². The number of furan rings is 2. The van der Waals surface area contributed by atoms with E-state index in [1.54, 1.807) is 12.5 Å². The van der Waals surface area contributed by atoms with E-state index in [0.29, 0.717) is 13.1 Å². The Morgan fingerprint density at radius 3 is 2.04 bits per heavy atom. The van der Waals surface area contributed by atoms with E-state index in [9.17, 15) is 4.79 Å². The maximum Gasteiger partial charge on any atom is 0.238 e. The van der Waals surface area contributed by atoms with E-state index < -0.39 is 0 Å². The van der Waals surface area contributed by atoms with Crippen LogP contribution in [0.2, 0.25) is 0 Å². The van der Waals surface area contributed by atoms with Gasteiger partial charge in [0.2, 0.25) is 5.91 Å². The molecule has 0 saturated carbocycles. The number of hydrogen-bond donors (Lipinski definition) is 1. The normalized spacial score (nSPS) is 11.7. The maximum atomic E-state index is 12.7. The highest BCUT2D eigenvalue weighted by molar-refractivity contribution is 5.93. The Kier molecular flexibility index (Phi) is 5.81. The van der Waals surface area contributed by atoms with E-state index in [-0.39, 0.29) is 17.9 Å². The number of hydrogen-bond acceptors (Lipinski definition) is 4. The third-order valence-corrected chi connectivity index (χ3v) is 4.30. The summed E-state index contributed by atoms with van der Waals surface area (Å²) in [5.41, 5.74) is 1.92. The number of para-hydroxylation sites is 1. The molecule has 0 spiro atoms. The van der Waals surface area contributed by atoms with Gasteiger partial charge in [-0.05, 0) is 41.3 Å². The minimum atomic E-state index is -0.0650. The van der Waals surface area contributed by atoms with Crippen LogP contribution < -0.4 is 5.32 Å². The van der Waals surface area contributed by atoms with Gasteiger partial charge >= 0.3 is 0 Å². The van der Waals surface area contributed by atoms with Gasteiger partial charge in [-0.15, -0.1) is 0 Å². The molecule has 2 heterocycles. The minimum Gasteiger partial charge on any atom is -0.468 e. The molecule has 0 fully saturated rings. The Labute approximate surface area is 160 Å². The molecule has 0 saturated heterocycles. The molecule has 3 aromatic rings. The van der Waals surface area contributed by atoms with Crippen molar-refractivity contribution in [1.82, 2.24) is 4.90 Å². The zero-order valence-electron chi connectivity index (χ0n) is 16.1. The summed E-state index contributed by atoms with van der Waals surface area (Å²) >= 11 is 0. The summed E-state index contributed by atoms with van der Waals surface area (Å²) in [5, 5.41) is 3.06. The third kappa shape index (κ3) is 5.34. The molecule has 142 valence electrons. The molecule has 1 N–H and O–H groups in total. The highest BCUT2D eigenvalue weighted by atomic mass is 16.3. The summed E-state index contributed by atoms with van der Waals surface area (Å²) in [6.07, 6.45) is 3.28. The van der Waals surface area contributed by atoms with E-state index in [0.717, 1.165) is 22.8 Å². The number of carbonyl (C=O) groups excluding carboxylic acids is 1. The van der Waals surface area contributed by atoms with Crippen molar-refractivity contribution in [2.75, 3.05) is 11.9 Å². The molecule has 1 aromatic carbocycles. The van der Waals surface area contributed by atoms with Crippen molar-refractivity contribution < 1.29 is 13.6 Å². The molecule has 0 radical (unpaired) electrons. The van der Waals surface area contributed by atoms with Crippen LogP contribution in [-0.4, -0.2) is 17.4 Å². The predicted molar refractivity (Wildman–Crippen MR) is 105 cm³/mol. The Morgan fingerprint density at radius 1 is 0.926 bits per heavy atom. The van der Waals surface area contributed by atoms with Gasteiger partial charge in [-0.3, -0.25) is 9.69 Å². The van der Waals surface area contributed by atoms with Gasteiger partial charge in [0.1, 0.15) is 11.5 Å². The summed E-state index contributed by atoms with van der Waals surface area (Å²) in [7, 11) is 0. The molecule has 0 bridgehead atoms. The molecule has 3 rings (SSSR count). The van der Waals surface area contributed by atoms with Crippen molar-refractivity contribution in [2.45, 2.75) is 39.3 Å². The summed E-state index contributed by atoms with van der Waals surface area (Å²) in [6, 6.07) is 15.4. The van der Waals surface area contributed by atoms with Crippen molar-refractivity contribution in [3.63, 3.8) is 0 Å². The monoisotopic (exact) mass is 366 g/mol. The van der Waals surface area contributed by atoms with E-state index >= 15 is 0 Å². The fourth-order valence-corrected chi connectivity index (χ4v) is 3.05. The first kappa shape index (κ1) is 19.0. The first-order valence-corrected chi connectivity index (χ1v) is 9.08. The third-order valence-electron chi connectivity index (χ3n) is 4.30. The van der Waals surface area contributed by atoms with Gasteiger partial charge in [0.05, 0.1) is 32.2 Å². The van der Waals surface area contributed by atoms with E-state index in [4.69, 9.17) is 8.83 Å². The number of benzene rings is 1. The van der Waals surface area contributed by atoms with Gasteiger partial charge in [-0.1, -0.05) is 39.0 Å². The molecule has 0 unspecified atom stereocenters. The topological polar surface area (TPSA) is 58.6 Å². The van der Waals surface area contributed by atoms with Crippen LogP contribution in [0.3, 0.4) is 0 Å². The van der Waals surface area contributed by atoms with E-state index in [2.05, 4.69) is 32.2 Å². The first-order valence-electron chi connectivity index (χ1n) is 9.08. The maximum absolute atomic E-state index is 12.7. The summed E-state index contributed by atoms with van der Waals surface area (Å²) in [4.78, 5) is 14.7. The lowest BCUT2D eigenvalue weighted by Gasteiger charge is -2.24. The Balaban J connectivity index is 1.71. The number of nitrogens with zero attached hydrogens (tertiary/aromatic N) is 1. The summed E-state index contributed by atoms with van der Waals surface area (Å²) in [5.74, 6) is 1.55. The van der Waals surface area contributed by atoms with Crippen LogP contribution in [0.25, 0.3) is 0 Å². The molecule has 2 aromatic heterocycles. The SMILES string of the molecule is CC(C)(C)c1ccccc1NC(=O)CN(Cc1ccco1)Cc1ccco1. The van der Waals surface area contributed by atoms with Crippen LogP contribution in [0, 0.1) is 0 Å². The lowest BCUT2D eigenvalue weighted by Crippen LogP contribution is -2.33. The first-order chi connectivity index (χ1) is 12.9. The smallest absolute Gasteiger partial charge is 0.238 e. The average molecular weight is 366 g/mol. The molecule has 0 atom stereocenters. The van der Waals surface area contributed by atoms with Crippen molar-refractivity contribution in [3.8, 4) is 0 Å². The lowest BCUT2D eigenvalue weighted by molar-refractivity contribution is -0.117. The second-order valence-electron chi connectivity index (χ2n) is 7.65. The van der Waals surface area contributed by atoms with Crippen LogP contribution in [-0.2, 0) is 23.3 Å². The van der Waals surface area contributed by atoms with Gasteiger partial charge in [0.25, 0.3) is 0 Å². The predicted octanol–water partition coefficient (Wildman–Crippen LogP) is 4.81. The molecule has 5 heteroatoms. The molecule has 1 amide bonds. The van der Waals surface area contributed by atoms with Crippen molar-refractivity contribution in [3.05, 3.63) is 78.1 Å². The average Bonchev–Trinajstić information content (AvgIpc) is 3.28. The fraction of sp³-hybridized carbons (Fsp3) is 0.318. The molecular weight excluding hydrogens is 340 g/mol. The van der Waals surface area contributed by atoms with Gasteiger partial charge in [-0.25, -0.2) is 0 Å². The van der Waals surface area contributed by atoms with Crippen LogP contribution in [0.5, 0.6) is 0 Å². The second kappa shape index (κ2) is 8.27. The summed E-state index contributed by atoms with van der Waals surface area (Å²) in [6.45, 7) is 7.71. The number of nitrogens with one attached hydrogen (secondary N) is 1. The highest BCUT2D eigenvalue weighted by Gasteiger charge is 2.20. The zero-order chi connectivity index (χ0) is 19.3. The van der Waals surface area contributed by atoms with Gasteiger partial charge in [0.15, 0.2) is 0 Å². The van der Waals surface area contributed by atoms with Crippen LogP contribution in [0.1, 0.15) is 37.9 Å². The Hall–Kier alpha value is -2.79. The van der Waals surface area contributed by atoms with Crippen LogP contribution in [0.15, 0.2) is 69.9 Å². The van der Waals surface area contributed by atoms with Crippen molar-refractivity contribution in [2.24, 2.45) is 0 Å². The highest BCUT2D eigenvalue weighted by Crippen LogP contribution is 2.29. The molecular formula is C22H26N2O3. The fourth-order valence-electron chi connectivity index (χ4n) is 3.05. The second-order valence-corrected chi connectivity index (χ2v) is 7.65. The molecule has 27 heavy (non-hydrogen) atoms. The zero-order valence-corrected chi connectivity index (χ0v) is 16.1. The number of carbonyl (C=O) groups is 1. The van der Waals surface area contributed by atoms with E-state index in [1.165, 1.54) is 0 Å². The van der Waals surface area contributed by atoms with Gasteiger partial charge < -0.3 is 14.2 Å². The number of amides is 1. The largest absolute Gasteiger partial charge is 0.468 e. The number of anilines is 1. The minimum absolute atomic E-state index is 0.0497. The van der Waals surface area contributed by atoms with E-state index in [1.807, 2.05) is 47.4 Å². The molecule has 0 aliphatic carbocycles. The molecule has 5 nitrogen and oxygen atoms in total. The number of rotatable bonds is 7. The summed E-state index contributed by atoms with van der Waals surface area (Å²) < 4.78 is 10.9. The Morgan fingerprint density at radius 2 is 1.52 bits per heavy atom. The Bertz CT molecular complexity index is 810. The van der Waals surface area contributed by atoms with Crippen LogP contribution in [0.4, 0.5) is 5.69 Å². The lowest BCUT2D eigenvalue weighted by atomic mass is 9.86. The van der Waals surface area contributed by atoms with Gasteiger partial charge in [-0.2, -0.15) is 0 Å². The van der Waals surface area contributed by atoms with Crippen LogP contribution >= 0.6 is 0 Å². The molecule has 0 aliphatic rings. The van der Waals surface area contributed by atoms with Crippen molar-refractivity contribution in [1.29, 1.82) is 0 Å². The quantitative estimate of drug-likeness (QED) is 0.652. The standard InChI is InChI=1S/C22H26N2O3/c1-22(2,3)19-10-4-5-11-20(19)23-21(25)16-24(14-17-8-6-12-26-17)15-18-9-7-13-27-18/h4-13H,14-16H2,1-3H3,(H,23,25). The van der Waals surface area contributed by atoms with Crippen molar-refractivity contribution >= 4 is 11.6 Å².